The van der Waals surface area contributed by atoms with Gasteiger partial charge in [-0.05, 0) is 35.4 Å². The number of aliphatic hydroxyl groups excluding tert-OH is 1. The van der Waals surface area contributed by atoms with Crippen molar-refractivity contribution in [2.24, 2.45) is 0 Å². The molecule has 256 valence electrons. The van der Waals surface area contributed by atoms with E-state index >= 15 is 0 Å². The van der Waals surface area contributed by atoms with E-state index in [2.05, 4.69) is 0 Å². The van der Waals surface area contributed by atoms with Crippen LogP contribution in [-0.4, -0.2) is 42.5 Å². The molecule has 0 aliphatic carbocycles. The Morgan fingerprint density at radius 3 is 1.27 bits per heavy atom. The normalized spacial score (nSPS) is 10.6. The summed E-state index contributed by atoms with van der Waals surface area (Å²) in [5.74, 6) is -0.448. The Hall–Kier alpha value is -6.28. The van der Waals surface area contributed by atoms with Crippen molar-refractivity contribution in [3.63, 3.8) is 0 Å². The summed E-state index contributed by atoms with van der Waals surface area (Å²) < 4.78 is 10.3. The number of carbonyl (C=O) groups is 4. The average molecular weight is 679 g/mol. The first-order valence-corrected chi connectivity index (χ1v) is 16.1. The van der Waals surface area contributed by atoms with Gasteiger partial charge in [-0.3, -0.25) is 19.2 Å². The average Bonchev–Trinajstić information content (AvgIpc) is 3.22. The van der Waals surface area contributed by atoms with Gasteiger partial charge < -0.3 is 14.6 Å². The van der Waals surface area contributed by atoms with Gasteiger partial charge in [-0.25, -0.2) is 0 Å². The molecule has 0 aromatic heterocycles. The third kappa shape index (κ3) is 10.9. The maximum absolute atomic E-state index is 12.3. The highest BCUT2D eigenvalue weighted by atomic mass is 16.5. The summed E-state index contributed by atoms with van der Waals surface area (Å²) in [6.07, 6.45) is -0.529. The van der Waals surface area contributed by atoms with Gasteiger partial charge in [0, 0.05) is 34.9 Å². The summed E-state index contributed by atoms with van der Waals surface area (Å²) in [6, 6.07) is 50.0. The Kier molecular flexibility index (Phi) is 14.5. The first-order chi connectivity index (χ1) is 24.9. The van der Waals surface area contributed by atoms with E-state index in [9.17, 15) is 19.2 Å². The van der Waals surface area contributed by atoms with Crippen LogP contribution >= 0.6 is 0 Å². The molecule has 0 radical (unpaired) electrons. The first-order valence-electron chi connectivity index (χ1n) is 16.1. The van der Waals surface area contributed by atoms with E-state index in [4.69, 9.17) is 14.6 Å². The van der Waals surface area contributed by atoms with E-state index in [0.717, 1.165) is 16.7 Å². The van der Waals surface area contributed by atoms with Crippen LogP contribution in [0.25, 0.3) is 0 Å². The van der Waals surface area contributed by atoms with Crippen molar-refractivity contribution in [3.05, 3.63) is 209 Å². The second kappa shape index (κ2) is 19.7. The van der Waals surface area contributed by atoms with Crippen LogP contribution in [0.3, 0.4) is 0 Å². The monoisotopic (exact) mass is 678 g/mol. The van der Waals surface area contributed by atoms with Crippen LogP contribution in [0.4, 0.5) is 0 Å². The molecule has 6 rings (SSSR count). The van der Waals surface area contributed by atoms with Gasteiger partial charge >= 0.3 is 0 Å². The Labute approximate surface area is 297 Å². The Morgan fingerprint density at radius 1 is 0.490 bits per heavy atom. The molecule has 0 fully saturated rings. The summed E-state index contributed by atoms with van der Waals surface area (Å²) in [5.41, 5.74) is 4.34. The van der Waals surface area contributed by atoms with Gasteiger partial charge in [0.05, 0.1) is 13.7 Å². The Bertz CT molecular complexity index is 1880. The smallest absolute Gasteiger partial charge is 0.233 e. The number of Topliss-reactive ketones (excluding diaryl/α,β-unsaturated/α-hetero) is 3. The summed E-state index contributed by atoms with van der Waals surface area (Å²) in [5, 5.41) is 8.94. The first kappa shape index (κ1) is 37.5. The lowest BCUT2D eigenvalue weighted by molar-refractivity contribution is 0.0604. The van der Waals surface area contributed by atoms with Crippen LogP contribution in [0.5, 0.6) is 5.75 Å². The van der Waals surface area contributed by atoms with E-state index < -0.39 is 17.7 Å². The van der Waals surface area contributed by atoms with Crippen LogP contribution in [0.2, 0.25) is 0 Å². The molecule has 1 unspecified atom stereocenters. The van der Waals surface area contributed by atoms with E-state index in [1.54, 1.807) is 55.6 Å². The number of ketones is 4. The Balaban J connectivity index is 0.000000174. The third-order valence-corrected chi connectivity index (χ3v) is 7.66. The minimum Gasteiger partial charge on any atom is -0.497 e. The van der Waals surface area contributed by atoms with Gasteiger partial charge in [-0.15, -0.1) is 0 Å². The molecular weight excluding hydrogens is 640 g/mol. The fraction of sp³-hybridized carbons (Fsp3) is 0.0909. The van der Waals surface area contributed by atoms with Gasteiger partial charge in [-0.1, -0.05) is 146 Å². The summed E-state index contributed by atoms with van der Waals surface area (Å²) in [6.45, 7) is -0.0963. The van der Waals surface area contributed by atoms with Crippen LogP contribution in [0.1, 0.15) is 64.2 Å². The predicted molar refractivity (Wildman–Crippen MR) is 197 cm³/mol. The van der Waals surface area contributed by atoms with Crippen molar-refractivity contribution < 1.29 is 33.8 Å². The Morgan fingerprint density at radius 2 is 0.882 bits per heavy atom. The zero-order valence-electron chi connectivity index (χ0n) is 28.3. The molecular formula is C44H38O7. The van der Waals surface area contributed by atoms with E-state index in [1.165, 1.54) is 19.2 Å². The largest absolute Gasteiger partial charge is 0.497 e. The lowest BCUT2D eigenvalue weighted by atomic mass is 10.00. The number of rotatable bonds is 11. The minimum absolute atomic E-state index is 0.0145. The number of hydrogen-bond donors (Lipinski definition) is 1. The molecule has 0 saturated heterocycles. The highest BCUT2D eigenvalue weighted by Crippen LogP contribution is 2.21. The quantitative estimate of drug-likeness (QED) is 0.108. The number of carbonyl (C=O) groups excluding carboxylic acids is 4. The molecule has 7 nitrogen and oxygen atoms in total. The molecule has 7 heteroatoms. The second-order valence-electron chi connectivity index (χ2n) is 11.1. The maximum atomic E-state index is 12.3. The van der Waals surface area contributed by atoms with E-state index in [0.29, 0.717) is 28.0 Å². The van der Waals surface area contributed by atoms with Crippen molar-refractivity contribution in [2.45, 2.75) is 12.7 Å². The van der Waals surface area contributed by atoms with E-state index in [-0.39, 0.29) is 18.2 Å². The minimum atomic E-state index is -0.570. The van der Waals surface area contributed by atoms with Crippen LogP contribution in [-0.2, 0) is 11.3 Å². The summed E-state index contributed by atoms with van der Waals surface area (Å²) in [4.78, 5) is 48.2. The number of ether oxygens (including phenoxy) is 2. The third-order valence-electron chi connectivity index (χ3n) is 7.66. The molecule has 0 saturated carbocycles. The number of hydrogen-bond acceptors (Lipinski definition) is 7. The number of benzene rings is 6. The van der Waals surface area contributed by atoms with Crippen molar-refractivity contribution in [3.8, 4) is 5.75 Å². The molecule has 0 spiro atoms. The van der Waals surface area contributed by atoms with Crippen LogP contribution in [0.15, 0.2) is 170 Å². The van der Waals surface area contributed by atoms with Crippen molar-refractivity contribution in [1.29, 1.82) is 0 Å². The topological polar surface area (TPSA) is 107 Å². The summed E-state index contributed by atoms with van der Waals surface area (Å²) in [7, 11) is 3.09. The van der Waals surface area contributed by atoms with Crippen LogP contribution < -0.4 is 4.74 Å². The standard InChI is InChI=1S/C16H14O4.C15H14O2.C13H10O/c1-20-14-8-6-13(7-9-14)16(19)15(18)12-4-2-11(10-17)3-5-12;1-17-15(13-10-6-3-7-11-13)14(16)12-8-4-2-5-9-12;14-13(11-7-3-1-4-8-11)12-9-5-2-6-10-12/h2-9,17H,10H2,1H3;2-11,15H,1H3;1-10H. The molecule has 6 aromatic rings. The molecule has 6 aromatic carbocycles. The molecule has 0 aliphatic rings. The molecule has 0 aliphatic heterocycles. The zero-order valence-corrected chi connectivity index (χ0v) is 28.3. The van der Waals surface area contributed by atoms with Crippen LogP contribution in [0, 0.1) is 0 Å². The van der Waals surface area contributed by atoms with Gasteiger partial charge in [0.15, 0.2) is 11.6 Å². The second-order valence-corrected chi connectivity index (χ2v) is 11.1. The SMILES string of the molecule is COC(C(=O)c1ccccc1)c1ccccc1.COc1ccc(C(=O)C(=O)c2ccc(CO)cc2)cc1.O=C(c1ccccc1)c1ccccc1. The highest BCUT2D eigenvalue weighted by molar-refractivity contribution is 6.49. The molecule has 51 heavy (non-hydrogen) atoms. The van der Waals surface area contributed by atoms with Crippen molar-refractivity contribution >= 4 is 23.1 Å². The van der Waals surface area contributed by atoms with E-state index in [1.807, 2.05) is 109 Å². The fourth-order valence-electron chi connectivity index (χ4n) is 4.89. The van der Waals surface area contributed by atoms with Gasteiger partial charge in [0.25, 0.3) is 0 Å². The summed E-state index contributed by atoms with van der Waals surface area (Å²) >= 11 is 0. The maximum Gasteiger partial charge on any atom is 0.233 e. The highest BCUT2D eigenvalue weighted by Gasteiger charge is 2.21. The molecule has 0 bridgehead atoms. The fourth-order valence-corrected chi connectivity index (χ4v) is 4.89. The lowest BCUT2D eigenvalue weighted by Gasteiger charge is -2.14. The predicted octanol–water partition coefficient (Wildman–Crippen LogP) is 8.43. The molecule has 0 heterocycles. The van der Waals surface area contributed by atoms with Crippen molar-refractivity contribution in [2.75, 3.05) is 14.2 Å². The molecule has 1 N–H and O–H groups in total. The lowest BCUT2D eigenvalue weighted by Crippen LogP contribution is -2.14. The van der Waals surface area contributed by atoms with Gasteiger partial charge in [0.2, 0.25) is 11.6 Å². The van der Waals surface area contributed by atoms with Gasteiger partial charge in [0.1, 0.15) is 11.9 Å². The molecule has 0 amide bonds. The van der Waals surface area contributed by atoms with Gasteiger partial charge in [-0.2, -0.15) is 0 Å². The zero-order chi connectivity index (χ0) is 36.4. The molecule has 1 atom stereocenters. The number of methoxy groups -OCH3 is 2. The van der Waals surface area contributed by atoms with Crippen molar-refractivity contribution in [1.82, 2.24) is 0 Å². The number of aliphatic hydroxyl groups is 1.